The number of likely N-dealkylation sites (tertiary alicyclic amines) is 1. The van der Waals surface area contributed by atoms with Gasteiger partial charge >= 0.3 is 0 Å². The normalized spacial score (nSPS) is 22.8. The summed E-state index contributed by atoms with van der Waals surface area (Å²) < 4.78 is 10.8. The van der Waals surface area contributed by atoms with Crippen molar-refractivity contribution in [1.29, 1.82) is 0 Å². The van der Waals surface area contributed by atoms with E-state index in [0.717, 1.165) is 61.5 Å². The first-order valence-corrected chi connectivity index (χ1v) is 9.67. The molecule has 2 heterocycles. The zero-order valence-corrected chi connectivity index (χ0v) is 15.7. The van der Waals surface area contributed by atoms with Crippen molar-refractivity contribution in [3.63, 3.8) is 0 Å². The fraction of sp³-hybridized carbons (Fsp3) is 0.571. The molecule has 26 heavy (non-hydrogen) atoms. The predicted octanol–water partition coefficient (Wildman–Crippen LogP) is 3.43. The van der Waals surface area contributed by atoms with Crippen molar-refractivity contribution in [2.75, 3.05) is 13.7 Å². The maximum absolute atomic E-state index is 11.4. The van der Waals surface area contributed by atoms with Gasteiger partial charge in [-0.3, -0.25) is 4.90 Å². The van der Waals surface area contributed by atoms with Crippen LogP contribution >= 0.6 is 0 Å². The number of rotatable bonds is 5. The summed E-state index contributed by atoms with van der Waals surface area (Å²) in [4.78, 5) is 2.37. The summed E-state index contributed by atoms with van der Waals surface area (Å²) in [5.74, 6) is 1.88. The van der Waals surface area contributed by atoms with Crippen molar-refractivity contribution in [1.82, 2.24) is 10.1 Å². The van der Waals surface area contributed by atoms with Gasteiger partial charge in [0, 0.05) is 24.6 Å². The molecule has 1 aliphatic carbocycles. The van der Waals surface area contributed by atoms with E-state index in [1.54, 1.807) is 7.11 Å². The third-order valence-corrected chi connectivity index (χ3v) is 6.07. The van der Waals surface area contributed by atoms with Crippen molar-refractivity contribution in [2.24, 2.45) is 0 Å². The van der Waals surface area contributed by atoms with Gasteiger partial charge in [0.15, 0.2) is 0 Å². The van der Waals surface area contributed by atoms with Gasteiger partial charge in [-0.05, 0) is 63.3 Å². The van der Waals surface area contributed by atoms with E-state index in [1.165, 1.54) is 18.4 Å². The van der Waals surface area contributed by atoms with Gasteiger partial charge in [0.2, 0.25) is 0 Å². The van der Waals surface area contributed by atoms with Crippen LogP contribution in [0.1, 0.15) is 55.2 Å². The van der Waals surface area contributed by atoms with Crippen LogP contribution < -0.4 is 4.74 Å². The van der Waals surface area contributed by atoms with Crippen molar-refractivity contribution >= 4 is 0 Å². The maximum Gasteiger partial charge on any atom is 0.140 e. The molecule has 0 unspecified atom stereocenters. The lowest BCUT2D eigenvalue weighted by molar-refractivity contribution is -0.0260. The van der Waals surface area contributed by atoms with Crippen LogP contribution in [0.2, 0.25) is 0 Å². The van der Waals surface area contributed by atoms with Crippen LogP contribution in [0.15, 0.2) is 28.8 Å². The zero-order valence-electron chi connectivity index (χ0n) is 15.7. The minimum atomic E-state index is -0.910. The number of hydrogen-bond acceptors (Lipinski definition) is 5. The molecule has 5 heteroatoms. The molecule has 2 aliphatic rings. The lowest BCUT2D eigenvalue weighted by atomic mass is 9.86. The summed E-state index contributed by atoms with van der Waals surface area (Å²) in [6.45, 7) is 3.67. The first kappa shape index (κ1) is 17.6. The SMILES string of the molecule is COc1ccc([C@@](C)(O)[C@@H]2CCCN2Cc2noc3c2CCCC3)cc1. The predicted molar refractivity (Wildman–Crippen MR) is 99.1 cm³/mol. The van der Waals surface area contributed by atoms with E-state index < -0.39 is 5.60 Å². The third-order valence-electron chi connectivity index (χ3n) is 6.07. The number of ether oxygens (including phenoxy) is 1. The second kappa shape index (κ2) is 7.05. The summed E-state index contributed by atoms with van der Waals surface area (Å²) in [5, 5.41) is 15.7. The molecule has 0 radical (unpaired) electrons. The van der Waals surface area contributed by atoms with E-state index >= 15 is 0 Å². The van der Waals surface area contributed by atoms with E-state index in [9.17, 15) is 5.11 Å². The number of aryl methyl sites for hydroxylation is 1. The summed E-state index contributed by atoms with van der Waals surface area (Å²) in [6.07, 6.45) is 6.57. The van der Waals surface area contributed by atoms with Gasteiger partial charge in [0.25, 0.3) is 0 Å². The van der Waals surface area contributed by atoms with Gasteiger partial charge in [0.1, 0.15) is 22.8 Å². The van der Waals surface area contributed by atoms with E-state index in [2.05, 4.69) is 10.1 Å². The van der Waals surface area contributed by atoms with Gasteiger partial charge < -0.3 is 14.4 Å². The molecule has 0 spiro atoms. The van der Waals surface area contributed by atoms with Gasteiger partial charge in [-0.1, -0.05) is 17.3 Å². The fourth-order valence-electron chi connectivity index (χ4n) is 4.54. The van der Waals surface area contributed by atoms with Crippen molar-refractivity contribution < 1.29 is 14.4 Å². The molecule has 1 fully saturated rings. The number of benzene rings is 1. The minimum absolute atomic E-state index is 0.0758. The number of nitrogens with zero attached hydrogens (tertiary/aromatic N) is 2. The zero-order chi connectivity index (χ0) is 18.1. The Kier molecular flexibility index (Phi) is 4.76. The van der Waals surface area contributed by atoms with E-state index in [-0.39, 0.29) is 6.04 Å². The van der Waals surface area contributed by atoms with Crippen molar-refractivity contribution in [2.45, 2.75) is 63.6 Å². The number of hydrogen-bond donors (Lipinski definition) is 1. The molecule has 2 aromatic rings. The monoisotopic (exact) mass is 356 g/mol. The molecule has 1 saturated heterocycles. The lowest BCUT2D eigenvalue weighted by Crippen LogP contribution is -2.45. The molecule has 140 valence electrons. The topological polar surface area (TPSA) is 58.7 Å². The summed E-state index contributed by atoms with van der Waals surface area (Å²) in [6, 6.07) is 7.83. The molecule has 5 nitrogen and oxygen atoms in total. The largest absolute Gasteiger partial charge is 0.497 e. The minimum Gasteiger partial charge on any atom is -0.497 e. The molecule has 4 rings (SSSR count). The average molecular weight is 356 g/mol. The molecule has 2 atom stereocenters. The molecule has 0 bridgehead atoms. The van der Waals surface area contributed by atoms with E-state index in [0.29, 0.717) is 0 Å². The highest BCUT2D eigenvalue weighted by molar-refractivity contribution is 5.32. The van der Waals surface area contributed by atoms with Gasteiger partial charge in [0.05, 0.1) is 7.11 Å². The first-order valence-electron chi connectivity index (χ1n) is 9.67. The Hall–Kier alpha value is -1.85. The molecule has 0 amide bonds. The third kappa shape index (κ3) is 3.14. The second-order valence-electron chi connectivity index (χ2n) is 7.74. The molecular weight excluding hydrogens is 328 g/mol. The summed E-state index contributed by atoms with van der Waals surface area (Å²) >= 11 is 0. The number of aliphatic hydroxyl groups is 1. The quantitative estimate of drug-likeness (QED) is 0.889. The summed E-state index contributed by atoms with van der Waals surface area (Å²) in [5.41, 5.74) is 2.40. The molecule has 1 aliphatic heterocycles. The average Bonchev–Trinajstić information content (AvgIpc) is 3.30. The van der Waals surface area contributed by atoms with Gasteiger partial charge in [-0.25, -0.2) is 0 Å². The van der Waals surface area contributed by atoms with Crippen LogP contribution in [0, 0.1) is 0 Å². The molecule has 1 aromatic carbocycles. The molecule has 1 N–H and O–H groups in total. The Morgan fingerprint density at radius 2 is 2.00 bits per heavy atom. The highest BCUT2D eigenvalue weighted by Crippen LogP contribution is 2.37. The number of aromatic nitrogens is 1. The Bertz CT molecular complexity index is 751. The molecule has 0 saturated carbocycles. The smallest absolute Gasteiger partial charge is 0.140 e. The second-order valence-corrected chi connectivity index (χ2v) is 7.74. The van der Waals surface area contributed by atoms with E-state index in [1.807, 2.05) is 31.2 Å². The van der Waals surface area contributed by atoms with Crippen LogP contribution in [0.5, 0.6) is 5.75 Å². The Labute approximate surface area is 154 Å². The standard InChI is InChI=1S/C21H28N2O3/c1-21(24,15-9-11-16(25-2)12-10-15)20-8-5-13-23(20)14-18-17-6-3-4-7-19(17)26-22-18/h9-12,20,24H,3-8,13-14H2,1-2H3/t20-,21+/m0/s1. The van der Waals surface area contributed by atoms with Crippen LogP contribution in [0.4, 0.5) is 0 Å². The van der Waals surface area contributed by atoms with Gasteiger partial charge in [-0.2, -0.15) is 0 Å². The maximum atomic E-state index is 11.4. The summed E-state index contributed by atoms with van der Waals surface area (Å²) in [7, 11) is 1.66. The Balaban J connectivity index is 1.54. The number of fused-ring (bicyclic) bond motifs is 1. The van der Waals surface area contributed by atoms with Crippen LogP contribution in [-0.4, -0.2) is 34.9 Å². The van der Waals surface area contributed by atoms with Crippen molar-refractivity contribution in [3.8, 4) is 5.75 Å². The Morgan fingerprint density at radius 3 is 2.77 bits per heavy atom. The van der Waals surface area contributed by atoms with Crippen molar-refractivity contribution in [3.05, 3.63) is 46.8 Å². The van der Waals surface area contributed by atoms with Crippen LogP contribution in [0.25, 0.3) is 0 Å². The van der Waals surface area contributed by atoms with Crippen LogP contribution in [0.3, 0.4) is 0 Å². The highest BCUT2D eigenvalue weighted by atomic mass is 16.5. The van der Waals surface area contributed by atoms with Crippen LogP contribution in [-0.2, 0) is 25.0 Å². The molecular formula is C21H28N2O3. The lowest BCUT2D eigenvalue weighted by Gasteiger charge is -2.37. The highest BCUT2D eigenvalue weighted by Gasteiger charge is 2.41. The molecule has 1 aromatic heterocycles. The van der Waals surface area contributed by atoms with Gasteiger partial charge in [-0.15, -0.1) is 0 Å². The van der Waals surface area contributed by atoms with E-state index in [4.69, 9.17) is 9.26 Å². The number of methoxy groups -OCH3 is 1. The fourth-order valence-corrected chi connectivity index (χ4v) is 4.54. The Morgan fingerprint density at radius 1 is 1.23 bits per heavy atom. The first-order chi connectivity index (χ1) is 12.6.